The van der Waals surface area contributed by atoms with E-state index in [1.54, 1.807) is 0 Å². The molecule has 2 aromatic carbocycles. The van der Waals surface area contributed by atoms with E-state index in [1.165, 1.54) is 66.6 Å². The number of ether oxygens (including phenoxy) is 1. The van der Waals surface area contributed by atoms with Crippen LogP contribution in [0.25, 0.3) is 11.0 Å². The van der Waals surface area contributed by atoms with Crippen LogP contribution in [0.1, 0.15) is 34.3 Å². The second-order valence-electron chi connectivity index (χ2n) is 8.57. The van der Waals surface area contributed by atoms with E-state index in [1.807, 2.05) is 0 Å². The van der Waals surface area contributed by atoms with Crippen LogP contribution < -0.4 is 10.4 Å². The first kappa shape index (κ1) is 26.2. The number of hydrogen-bond acceptors (Lipinski definition) is 5. The van der Waals surface area contributed by atoms with Gasteiger partial charge in [0.15, 0.2) is 5.60 Å². The molecule has 0 aliphatic carbocycles. The molecule has 0 aliphatic heterocycles. The summed E-state index contributed by atoms with van der Waals surface area (Å²) in [5.41, 5.74) is -3.59. The lowest BCUT2D eigenvalue weighted by atomic mass is 9.77. The number of carboxylic acid groups (broad SMARTS) is 1. The smallest absolute Gasteiger partial charge is 0.422 e. The van der Waals surface area contributed by atoms with Crippen molar-refractivity contribution in [3.63, 3.8) is 0 Å². The maximum atomic E-state index is 14.5. The van der Waals surface area contributed by atoms with E-state index in [0.29, 0.717) is 5.52 Å². The van der Waals surface area contributed by atoms with Crippen molar-refractivity contribution in [2.24, 2.45) is 14.1 Å². The number of rotatable bonds is 6. The van der Waals surface area contributed by atoms with Gasteiger partial charge in [0.2, 0.25) is 5.88 Å². The van der Waals surface area contributed by atoms with Gasteiger partial charge in [-0.1, -0.05) is 30.7 Å². The molecule has 2 heterocycles. The molecule has 2 unspecified atom stereocenters. The van der Waals surface area contributed by atoms with Crippen LogP contribution >= 0.6 is 11.6 Å². The average molecular weight is 536 g/mol. The van der Waals surface area contributed by atoms with Crippen LogP contribution in [0.4, 0.5) is 13.2 Å². The van der Waals surface area contributed by atoms with Crippen LogP contribution in [0.2, 0.25) is 5.02 Å². The van der Waals surface area contributed by atoms with E-state index in [0.717, 1.165) is 18.3 Å². The zero-order valence-electron chi connectivity index (χ0n) is 19.7. The number of pyridine rings is 1. The van der Waals surface area contributed by atoms with E-state index < -0.39 is 34.9 Å². The molecule has 12 heteroatoms. The molecule has 2 aromatic heterocycles. The Bertz CT molecular complexity index is 1560. The Hall–Kier alpha value is -3.83. The van der Waals surface area contributed by atoms with Crippen LogP contribution in [0, 0.1) is 0 Å². The number of carbonyl (C=O) groups is 1. The summed E-state index contributed by atoms with van der Waals surface area (Å²) in [6.07, 6.45) is -4.00. The second-order valence-corrected chi connectivity index (χ2v) is 8.97. The Morgan fingerprint density at radius 1 is 1.05 bits per heavy atom. The SMILES string of the molecule is CC(c1ccc(Oc2ccc(C(=O)O)cn2)cc1Cl)C(O)(c1ccc2c(c1)n(C)c(=O)n2C)C(F)(F)F. The predicted molar refractivity (Wildman–Crippen MR) is 129 cm³/mol. The van der Waals surface area contributed by atoms with E-state index in [4.69, 9.17) is 21.4 Å². The van der Waals surface area contributed by atoms with Crippen molar-refractivity contribution in [2.45, 2.75) is 24.6 Å². The summed E-state index contributed by atoms with van der Waals surface area (Å²) < 4.78 is 51.4. The molecule has 0 bridgehead atoms. The van der Waals surface area contributed by atoms with Crippen molar-refractivity contribution >= 4 is 28.6 Å². The number of alkyl halides is 3. The van der Waals surface area contributed by atoms with Gasteiger partial charge in [-0.25, -0.2) is 14.6 Å². The molecule has 2 N–H and O–H groups in total. The van der Waals surface area contributed by atoms with Crippen LogP contribution in [0.3, 0.4) is 0 Å². The summed E-state index contributed by atoms with van der Waals surface area (Å²) >= 11 is 6.34. The van der Waals surface area contributed by atoms with Crippen LogP contribution in [-0.2, 0) is 19.7 Å². The highest BCUT2D eigenvalue weighted by Gasteiger charge is 2.59. The van der Waals surface area contributed by atoms with Crippen molar-refractivity contribution in [1.29, 1.82) is 0 Å². The zero-order chi connectivity index (χ0) is 27.3. The molecule has 2 atom stereocenters. The first-order chi connectivity index (χ1) is 17.3. The highest BCUT2D eigenvalue weighted by Crippen LogP contribution is 2.50. The molecule has 0 aliphatic rings. The Labute approximate surface area is 213 Å². The van der Waals surface area contributed by atoms with Gasteiger partial charge in [-0.15, -0.1) is 0 Å². The number of aliphatic hydroxyl groups is 1. The lowest BCUT2D eigenvalue weighted by Gasteiger charge is -2.37. The zero-order valence-corrected chi connectivity index (χ0v) is 20.5. The van der Waals surface area contributed by atoms with Crippen molar-refractivity contribution in [3.05, 3.63) is 86.9 Å². The number of benzene rings is 2. The van der Waals surface area contributed by atoms with Crippen molar-refractivity contribution in [3.8, 4) is 11.6 Å². The van der Waals surface area contributed by atoms with Gasteiger partial charge in [-0.05, 0) is 41.5 Å². The molecule has 0 radical (unpaired) electrons. The highest BCUT2D eigenvalue weighted by molar-refractivity contribution is 6.31. The van der Waals surface area contributed by atoms with E-state index in [9.17, 15) is 27.9 Å². The lowest BCUT2D eigenvalue weighted by molar-refractivity contribution is -0.274. The van der Waals surface area contributed by atoms with Crippen molar-refractivity contribution in [1.82, 2.24) is 14.1 Å². The largest absolute Gasteiger partial charge is 0.478 e. The Morgan fingerprint density at radius 3 is 2.30 bits per heavy atom. The maximum absolute atomic E-state index is 14.5. The topological polar surface area (TPSA) is 107 Å². The Balaban J connectivity index is 1.72. The number of hydrogen-bond donors (Lipinski definition) is 2. The third kappa shape index (κ3) is 4.44. The van der Waals surface area contributed by atoms with E-state index in [2.05, 4.69) is 4.98 Å². The standard InChI is InChI=1S/C25H21ClF3N3O5/c1-13(17-7-6-16(11-18(17)26)37-21-9-4-14(12-30-21)22(33)34)24(36,25(27,28)29)15-5-8-19-20(10-15)32(3)23(35)31(19)2/h4-13,36H,1-3H3,(H,33,34). The van der Waals surface area contributed by atoms with E-state index >= 15 is 0 Å². The van der Waals surface area contributed by atoms with Gasteiger partial charge in [0.05, 0.1) is 16.6 Å². The summed E-state index contributed by atoms with van der Waals surface area (Å²) in [6, 6.07) is 10.2. The van der Waals surface area contributed by atoms with Gasteiger partial charge < -0.3 is 14.9 Å². The number of aromatic carboxylic acids is 1. The lowest BCUT2D eigenvalue weighted by Crippen LogP contribution is -2.46. The molecule has 37 heavy (non-hydrogen) atoms. The number of imidazole rings is 1. The molecule has 0 amide bonds. The molecular weight excluding hydrogens is 515 g/mol. The quantitative estimate of drug-likeness (QED) is 0.361. The van der Waals surface area contributed by atoms with Gasteiger partial charge >= 0.3 is 17.8 Å². The minimum Gasteiger partial charge on any atom is -0.478 e. The predicted octanol–water partition coefficient (Wildman–Crippen LogP) is 4.97. The molecule has 0 saturated carbocycles. The third-order valence-corrected chi connectivity index (χ3v) is 6.74. The number of aryl methyl sites for hydroxylation is 2. The fraction of sp³-hybridized carbons (Fsp3) is 0.240. The molecular formula is C25H21ClF3N3O5. The first-order valence-corrected chi connectivity index (χ1v) is 11.2. The van der Waals surface area contributed by atoms with Crippen LogP contribution in [0.5, 0.6) is 11.6 Å². The summed E-state index contributed by atoms with van der Waals surface area (Å²) in [7, 11) is 2.94. The number of halogens is 4. The van der Waals surface area contributed by atoms with Gasteiger partial charge in [0, 0.05) is 37.3 Å². The monoisotopic (exact) mass is 535 g/mol. The molecule has 0 fully saturated rings. The minimum absolute atomic E-state index is 0.00470. The number of carboxylic acids is 1. The second kappa shape index (κ2) is 9.24. The third-order valence-electron chi connectivity index (χ3n) is 6.42. The fourth-order valence-electron chi connectivity index (χ4n) is 4.24. The highest BCUT2D eigenvalue weighted by atomic mass is 35.5. The van der Waals surface area contributed by atoms with Crippen molar-refractivity contribution < 1.29 is 32.9 Å². The van der Waals surface area contributed by atoms with Gasteiger partial charge in [-0.2, -0.15) is 13.2 Å². The molecule has 0 spiro atoms. The van der Waals surface area contributed by atoms with Gasteiger partial charge in [0.1, 0.15) is 5.75 Å². The van der Waals surface area contributed by atoms with Crippen LogP contribution in [0.15, 0.2) is 59.5 Å². The van der Waals surface area contributed by atoms with Gasteiger partial charge in [-0.3, -0.25) is 9.13 Å². The van der Waals surface area contributed by atoms with Crippen molar-refractivity contribution in [2.75, 3.05) is 0 Å². The molecule has 8 nitrogen and oxygen atoms in total. The minimum atomic E-state index is -5.10. The summed E-state index contributed by atoms with van der Waals surface area (Å²) in [5, 5.41) is 20.1. The summed E-state index contributed by atoms with van der Waals surface area (Å²) in [6.45, 7) is 1.20. The number of aromatic nitrogens is 3. The summed E-state index contributed by atoms with van der Waals surface area (Å²) in [4.78, 5) is 27.1. The fourth-order valence-corrected chi connectivity index (χ4v) is 4.57. The van der Waals surface area contributed by atoms with Gasteiger partial charge in [0.25, 0.3) is 0 Å². The normalized spacial score (nSPS) is 14.4. The Morgan fingerprint density at radius 2 is 1.73 bits per heavy atom. The average Bonchev–Trinajstić information content (AvgIpc) is 3.06. The number of fused-ring (bicyclic) bond motifs is 1. The Kier molecular flexibility index (Phi) is 6.55. The molecule has 0 saturated heterocycles. The number of nitrogens with zero attached hydrogens (tertiary/aromatic N) is 3. The molecule has 4 aromatic rings. The van der Waals surface area contributed by atoms with E-state index in [-0.39, 0.29) is 33.3 Å². The molecule has 4 rings (SSSR count). The molecule has 194 valence electrons. The summed E-state index contributed by atoms with van der Waals surface area (Å²) in [5.74, 6) is -2.52. The first-order valence-electron chi connectivity index (χ1n) is 10.9. The van der Waals surface area contributed by atoms with Crippen LogP contribution in [-0.4, -0.2) is 36.5 Å². The maximum Gasteiger partial charge on any atom is 0.422 e.